The van der Waals surface area contributed by atoms with Gasteiger partial charge in [-0.25, -0.2) is 0 Å². The van der Waals surface area contributed by atoms with Gasteiger partial charge in [0, 0.05) is 26.4 Å². The molecule has 0 saturated heterocycles. The molecule has 0 spiro atoms. The zero-order chi connectivity index (χ0) is 12.4. The number of halogens is 1. The van der Waals surface area contributed by atoms with Crippen molar-refractivity contribution in [2.75, 3.05) is 0 Å². The van der Waals surface area contributed by atoms with Gasteiger partial charge < -0.3 is 5.73 Å². The monoisotopic (exact) mass is 265 g/mol. The number of rotatable bonds is 3. The number of thiophene rings is 1. The highest BCUT2D eigenvalue weighted by molar-refractivity contribution is 7.15. The highest BCUT2D eigenvalue weighted by atomic mass is 35.5. The lowest BCUT2D eigenvalue weighted by Crippen LogP contribution is -2.05. The van der Waals surface area contributed by atoms with Gasteiger partial charge in [-0.3, -0.25) is 0 Å². The second kappa shape index (κ2) is 5.21. The largest absolute Gasteiger partial charge is 0.323 e. The summed E-state index contributed by atoms with van der Waals surface area (Å²) in [7, 11) is 0. The van der Waals surface area contributed by atoms with Crippen molar-refractivity contribution in [1.82, 2.24) is 0 Å². The van der Waals surface area contributed by atoms with E-state index < -0.39 is 0 Å². The molecule has 2 aromatic rings. The molecule has 17 heavy (non-hydrogen) atoms. The average molecular weight is 266 g/mol. The Balaban J connectivity index is 2.37. The Kier molecular flexibility index (Phi) is 3.87. The quantitative estimate of drug-likeness (QED) is 0.849. The lowest BCUT2D eigenvalue weighted by Gasteiger charge is -2.05. The Hall–Kier alpha value is -0.830. The molecule has 0 saturated carbocycles. The predicted molar refractivity (Wildman–Crippen MR) is 76.7 cm³/mol. The summed E-state index contributed by atoms with van der Waals surface area (Å²) in [6.45, 7) is 4.14. The van der Waals surface area contributed by atoms with Crippen LogP contribution in [-0.4, -0.2) is 0 Å². The summed E-state index contributed by atoms with van der Waals surface area (Å²) < 4.78 is 0. The van der Waals surface area contributed by atoms with Gasteiger partial charge in [-0.2, -0.15) is 0 Å². The maximum atomic E-state index is 6.26. The molecule has 90 valence electrons. The van der Waals surface area contributed by atoms with Gasteiger partial charge in [-0.15, -0.1) is 11.3 Å². The van der Waals surface area contributed by atoms with E-state index in [4.69, 9.17) is 17.3 Å². The zero-order valence-corrected chi connectivity index (χ0v) is 11.6. The maximum Gasteiger partial charge on any atom is 0.0495 e. The van der Waals surface area contributed by atoms with Crippen molar-refractivity contribution in [3.05, 3.63) is 45.8 Å². The van der Waals surface area contributed by atoms with E-state index in [-0.39, 0.29) is 6.04 Å². The Labute approximate surface area is 111 Å². The first kappa shape index (κ1) is 12.6. The Morgan fingerprint density at radius 2 is 2.06 bits per heavy atom. The van der Waals surface area contributed by atoms with Crippen molar-refractivity contribution < 1.29 is 0 Å². The van der Waals surface area contributed by atoms with E-state index in [1.165, 1.54) is 15.3 Å². The van der Waals surface area contributed by atoms with E-state index in [2.05, 4.69) is 31.2 Å². The van der Waals surface area contributed by atoms with Crippen LogP contribution in [0.5, 0.6) is 0 Å². The normalized spacial score (nSPS) is 12.7. The van der Waals surface area contributed by atoms with Crippen molar-refractivity contribution >= 4 is 22.9 Å². The average Bonchev–Trinajstić information content (AvgIpc) is 2.77. The third-order valence-electron chi connectivity index (χ3n) is 2.82. The molecule has 1 unspecified atom stereocenters. The third-order valence-corrected chi connectivity index (χ3v) is 4.39. The molecule has 0 fully saturated rings. The fourth-order valence-corrected chi connectivity index (χ4v) is 3.24. The second-order valence-corrected chi connectivity index (χ2v) is 5.72. The van der Waals surface area contributed by atoms with Crippen LogP contribution in [0.25, 0.3) is 10.4 Å². The summed E-state index contributed by atoms with van der Waals surface area (Å²) in [5.41, 5.74) is 8.30. The minimum absolute atomic E-state index is 0.137. The molecule has 3 heteroatoms. The van der Waals surface area contributed by atoms with Crippen LogP contribution in [0.1, 0.15) is 29.8 Å². The summed E-state index contributed by atoms with van der Waals surface area (Å²) in [4.78, 5) is 2.41. The first-order valence-electron chi connectivity index (χ1n) is 5.73. The highest BCUT2D eigenvalue weighted by Gasteiger charge is 2.10. The van der Waals surface area contributed by atoms with Crippen LogP contribution in [0.2, 0.25) is 5.02 Å². The summed E-state index contributed by atoms with van der Waals surface area (Å²) >= 11 is 7.99. The van der Waals surface area contributed by atoms with Crippen LogP contribution >= 0.6 is 22.9 Å². The van der Waals surface area contributed by atoms with Crippen LogP contribution in [0.4, 0.5) is 0 Å². The molecule has 1 aromatic heterocycles. The highest BCUT2D eigenvalue weighted by Crippen LogP contribution is 2.35. The van der Waals surface area contributed by atoms with Crippen molar-refractivity contribution in [2.24, 2.45) is 5.73 Å². The third kappa shape index (κ3) is 2.71. The molecule has 1 atom stereocenters. The maximum absolute atomic E-state index is 6.26. The summed E-state index contributed by atoms with van der Waals surface area (Å²) in [6.07, 6.45) is 0.960. The Morgan fingerprint density at radius 3 is 2.71 bits per heavy atom. The molecular weight excluding hydrogens is 250 g/mol. The van der Waals surface area contributed by atoms with Crippen molar-refractivity contribution in [3.8, 4) is 10.4 Å². The summed E-state index contributed by atoms with van der Waals surface area (Å²) in [5.74, 6) is 0. The SMILES string of the molecule is CCC(N)c1ccc(-c2ccc(C)cc2Cl)s1. The molecule has 0 amide bonds. The number of hydrogen-bond acceptors (Lipinski definition) is 2. The topological polar surface area (TPSA) is 26.0 Å². The molecule has 0 bridgehead atoms. The molecule has 0 aliphatic rings. The van der Waals surface area contributed by atoms with E-state index >= 15 is 0 Å². The first-order chi connectivity index (χ1) is 8.11. The lowest BCUT2D eigenvalue weighted by atomic mass is 10.1. The van der Waals surface area contributed by atoms with E-state index in [1.807, 2.05) is 13.0 Å². The van der Waals surface area contributed by atoms with E-state index in [1.54, 1.807) is 11.3 Å². The molecule has 1 heterocycles. The molecule has 0 aliphatic carbocycles. The van der Waals surface area contributed by atoms with Crippen LogP contribution in [-0.2, 0) is 0 Å². The number of benzene rings is 1. The number of aryl methyl sites for hydroxylation is 1. The fraction of sp³-hybridized carbons (Fsp3) is 0.286. The molecular formula is C14H16ClNS. The van der Waals surface area contributed by atoms with E-state index in [0.717, 1.165) is 17.0 Å². The Bertz CT molecular complexity index is 519. The van der Waals surface area contributed by atoms with Crippen LogP contribution < -0.4 is 5.73 Å². The molecule has 1 nitrogen and oxygen atoms in total. The van der Waals surface area contributed by atoms with Crippen molar-refractivity contribution in [3.63, 3.8) is 0 Å². The minimum atomic E-state index is 0.137. The van der Waals surface area contributed by atoms with Gasteiger partial charge in [0.1, 0.15) is 0 Å². The zero-order valence-electron chi connectivity index (χ0n) is 10.0. The molecule has 2 rings (SSSR count). The number of hydrogen-bond donors (Lipinski definition) is 1. The predicted octanol–water partition coefficient (Wildman–Crippen LogP) is 4.79. The molecule has 0 aliphatic heterocycles. The van der Waals surface area contributed by atoms with Gasteiger partial charge >= 0.3 is 0 Å². The summed E-state index contributed by atoms with van der Waals surface area (Å²) in [5, 5.41) is 0.809. The van der Waals surface area contributed by atoms with E-state index in [9.17, 15) is 0 Å². The van der Waals surface area contributed by atoms with Gasteiger partial charge in [-0.1, -0.05) is 30.7 Å². The van der Waals surface area contributed by atoms with Gasteiger partial charge in [-0.05, 0) is 37.1 Å². The molecule has 1 aromatic carbocycles. The van der Waals surface area contributed by atoms with Gasteiger partial charge in [0.25, 0.3) is 0 Å². The Morgan fingerprint density at radius 1 is 1.29 bits per heavy atom. The van der Waals surface area contributed by atoms with Crippen LogP contribution in [0, 0.1) is 6.92 Å². The van der Waals surface area contributed by atoms with Crippen LogP contribution in [0.3, 0.4) is 0 Å². The second-order valence-electron chi connectivity index (χ2n) is 4.20. The van der Waals surface area contributed by atoms with Gasteiger partial charge in [0.2, 0.25) is 0 Å². The van der Waals surface area contributed by atoms with Crippen molar-refractivity contribution in [2.45, 2.75) is 26.3 Å². The van der Waals surface area contributed by atoms with Gasteiger partial charge in [0.15, 0.2) is 0 Å². The standard InChI is InChI=1S/C14H16ClNS/c1-3-12(16)14-7-6-13(17-14)10-5-4-9(2)8-11(10)15/h4-8,12H,3,16H2,1-2H3. The first-order valence-corrected chi connectivity index (χ1v) is 6.93. The van der Waals surface area contributed by atoms with Gasteiger partial charge in [0.05, 0.1) is 0 Å². The summed E-state index contributed by atoms with van der Waals surface area (Å²) in [6, 6.07) is 10.5. The number of nitrogens with two attached hydrogens (primary N) is 1. The van der Waals surface area contributed by atoms with Crippen molar-refractivity contribution in [1.29, 1.82) is 0 Å². The van der Waals surface area contributed by atoms with E-state index in [0.29, 0.717) is 0 Å². The van der Waals surface area contributed by atoms with Crippen LogP contribution in [0.15, 0.2) is 30.3 Å². The molecule has 0 radical (unpaired) electrons. The minimum Gasteiger partial charge on any atom is -0.323 e. The lowest BCUT2D eigenvalue weighted by molar-refractivity contribution is 0.712. The smallest absolute Gasteiger partial charge is 0.0495 e. The molecule has 2 N–H and O–H groups in total. The fourth-order valence-electron chi connectivity index (χ4n) is 1.72.